The van der Waals surface area contributed by atoms with E-state index in [2.05, 4.69) is 0 Å². The lowest BCUT2D eigenvalue weighted by Crippen LogP contribution is -2.33. The number of imide groups is 1. The quantitative estimate of drug-likeness (QED) is 0.295. The zero-order chi connectivity index (χ0) is 21.8. The number of nitrogens with zero attached hydrogens (tertiary/aromatic N) is 2. The first-order chi connectivity index (χ1) is 15.0. The van der Waals surface area contributed by atoms with E-state index in [1.165, 1.54) is 40.9 Å². The minimum atomic E-state index is -0.501. The third kappa shape index (κ3) is 4.44. The summed E-state index contributed by atoms with van der Waals surface area (Å²) in [6.07, 6.45) is 2.09. The number of benzene rings is 2. The molecule has 7 nitrogen and oxygen atoms in total. The minimum absolute atomic E-state index is 0.0770. The summed E-state index contributed by atoms with van der Waals surface area (Å²) in [6, 6.07) is 18.9. The highest BCUT2D eigenvalue weighted by Crippen LogP contribution is 2.38. The Morgan fingerprint density at radius 3 is 2.32 bits per heavy atom. The summed E-state index contributed by atoms with van der Waals surface area (Å²) >= 11 is 1.23. The van der Waals surface area contributed by atoms with Crippen molar-refractivity contribution in [2.75, 3.05) is 6.54 Å². The van der Waals surface area contributed by atoms with Gasteiger partial charge < -0.3 is 4.42 Å². The van der Waals surface area contributed by atoms with E-state index >= 15 is 0 Å². The maximum absolute atomic E-state index is 13.2. The van der Waals surface area contributed by atoms with Crippen molar-refractivity contribution >= 4 is 34.8 Å². The number of amides is 2. The van der Waals surface area contributed by atoms with E-state index in [0.29, 0.717) is 28.4 Å². The molecule has 0 radical (unpaired) electrons. The van der Waals surface area contributed by atoms with Crippen LogP contribution in [0.1, 0.15) is 16.9 Å². The highest BCUT2D eigenvalue weighted by atomic mass is 32.2. The smallest absolute Gasteiger partial charge is 0.269 e. The van der Waals surface area contributed by atoms with Crippen molar-refractivity contribution in [1.82, 2.24) is 4.90 Å². The van der Waals surface area contributed by atoms with Gasteiger partial charge in [-0.25, -0.2) is 0 Å². The van der Waals surface area contributed by atoms with Gasteiger partial charge in [-0.15, -0.1) is 11.8 Å². The largest absolute Gasteiger partial charge is 0.468 e. The first-order valence-electron chi connectivity index (χ1n) is 9.59. The molecule has 3 aromatic rings. The molecule has 1 aromatic heterocycles. The number of rotatable bonds is 8. The summed E-state index contributed by atoms with van der Waals surface area (Å²) in [7, 11) is 0. The zero-order valence-corrected chi connectivity index (χ0v) is 17.2. The average molecular weight is 434 g/mol. The predicted octanol–water partition coefficient (Wildman–Crippen LogP) is 4.44. The predicted molar refractivity (Wildman–Crippen MR) is 117 cm³/mol. The van der Waals surface area contributed by atoms with Gasteiger partial charge in [0.2, 0.25) is 0 Å². The van der Waals surface area contributed by atoms with Crippen LogP contribution in [0.3, 0.4) is 0 Å². The standard InChI is InChI=1S/C23H18N2O5S/c26-22-20(17-8-10-18(11-9-17)25(28)29)21(31-15-19-7-4-14-30-19)23(27)24(22)13-12-16-5-2-1-3-6-16/h1-11,14H,12-13,15H2. The van der Waals surface area contributed by atoms with Crippen molar-refractivity contribution in [3.8, 4) is 0 Å². The third-order valence-electron chi connectivity index (χ3n) is 4.90. The van der Waals surface area contributed by atoms with Gasteiger partial charge in [0.15, 0.2) is 0 Å². The molecule has 31 heavy (non-hydrogen) atoms. The van der Waals surface area contributed by atoms with Crippen molar-refractivity contribution in [2.24, 2.45) is 0 Å². The van der Waals surface area contributed by atoms with Crippen LogP contribution in [-0.4, -0.2) is 28.2 Å². The number of nitro groups is 1. The van der Waals surface area contributed by atoms with Crippen LogP contribution >= 0.6 is 11.8 Å². The van der Waals surface area contributed by atoms with Gasteiger partial charge in [0.25, 0.3) is 17.5 Å². The Bertz CT molecular complexity index is 1140. The van der Waals surface area contributed by atoms with Crippen molar-refractivity contribution in [3.05, 3.63) is 105 Å². The number of thioether (sulfide) groups is 1. The van der Waals surface area contributed by atoms with E-state index in [0.717, 1.165) is 5.56 Å². The summed E-state index contributed by atoms with van der Waals surface area (Å²) < 4.78 is 5.34. The van der Waals surface area contributed by atoms with Gasteiger partial charge in [-0.3, -0.25) is 24.6 Å². The lowest BCUT2D eigenvalue weighted by atomic mass is 10.1. The highest BCUT2D eigenvalue weighted by molar-refractivity contribution is 8.03. The molecule has 1 aliphatic rings. The molecule has 1 aliphatic heterocycles. The molecule has 0 unspecified atom stereocenters. The maximum atomic E-state index is 13.2. The molecule has 2 aromatic carbocycles. The fourth-order valence-electron chi connectivity index (χ4n) is 3.32. The van der Waals surface area contributed by atoms with E-state index in [1.807, 2.05) is 30.3 Å². The molecule has 2 amide bonds. The Morgan fingerprint density at radius 1 is 0.935 bits per heavy atom. The molecule has 4 rings (SSSR count). The van der Waals surface area contributed by atoms with Crippen LogP contribution in [0.25, 0.3) is 5.57 Å². The van der Waals surface area contributed by atoms with Gasteiger partial charge in [0.1, 0.15) is 5.76 Å². The van der Waals surface area contributed by atoms with E-state index in [1.54, 1.807) is 18.4 Å². The summed E-state index contributed by atoms with van der Waals surface area (Å²) in [4.78, 5) is 38.4. The molecule has 0 spiro atoms. The monoisotopic (exact) mass is 434 g/mol. The second-order valence-corrected chi connectivity index (χ2v) is 7.86. The number of carbonyl (C=O) groups excluding carboxylic acids is 2. The number of nitro benzene ring substituents is 1. The Balaban J connectivity index is 1.62. The van der Waals surface area contributed by atoms with Gasteiger partial charge >= 0.3 is 0 Å². The first-order valence-corrected chi connectivity index (χ1v) is 10.6. The molecule has 0 bridgehead atoms. The second-order valence-electron chi connectivity index (χ2n) is 6.87. The topological polar surface area (TPSA) is 93.7 Å². The summed E-state index contributed by atoms with van der Waals surface area (Å²) in [5.41, 5.74) is 1.70. The number of hydrogen-bond donors (Lipinski definition) is 0. The molecule has 0 N–H and O–H groups in total. The number of non-ortho nitro benzene ring substituents is 1. The van der Waals surface area contributed by atoms with Crippen LogP contribution in [0.2, 0.25) is 0 Å². The minimum Gasteiger partial charge on any atom is -0.468 e. The fraction of sp³-hybridized carbons (Fsp3) is 0.130. The average Bonchev–Trinajstić information content (AvgIpc) is 3.38. The molecule has 0 saturated heterocycles. The van der Waals surface area contributed by atoms with Gasteiger partial charge in [-0.05, 0) is 41.8 Å². The van der Waals surface area contributed by atoms with Crippen molar-refractivity contribution in [1.29, 1.82) is 0 Å². The van der Waals surface area contributed by atoms with E-state index in [4.69, 9.17) is 4.42 Å². The Kier molecular flexibility index (Phi) is 5.99. The van der Waals surface area contributed by atoms with Gasteiger partial charge in [-0.1, -0.05) is 30.3 Å². The molecule has 0 aliphatic carbocycles. The van der Waals surface area contributed by atoms with Crippen molar-refractivity contribution in [3.63, 3.8) is 0 Å². The molecule has 156 valence electrons. The third-order valence-corrected chi connectivity index (χ3v) is 5.99. The fourth-order valence-corrected chi connectivity index (χ4v) is 4.35. The number of hydrogen-bond acceptors (Lipinski definition) is 6. The van der Waals surface area contributed by atoms with Crippen LogP contribution in [0, 0.1) is 10.1 Å². The molecule has 0 atom stereocenters. The van der Waals surface area contributed by atoms with Crippen molar-refractivity contribution < 1.29 is 18.9 Å². The van der Waals surface area contributed by atoms with E-state index < -0.39 is 10.8 Å². The molecular formula is C23H18N2O5S. The molecule has 0 fully saturated rings. The van der Waals surface area contributed by atoms with Gasteiger partial charge in [0, 0.05) is 18.7 Å². The molecule has 0 saturated carbocycles. The molecular weight excluding hydrogens is 416 g/mol. The Hall–Kier alpha value is -3.65. The lowest BCUT2D eigenvalue weighted by Gasteiger charge is -2.15. The maximum Gasteiger partial charge on any atom is 0.269 e. The summed E-state index contributed by atoms with van der Waals surface area (Å²) in [5, 5.41) is 11.0. The SMILES string of the molecule is O=C1C(SCc2ccco2)=C(c2ccc([N+](=O)[O-])cc2)C(=O)N1CCc1ccccc1. The van der Waals surface area contributed by atoms with Crippen molar-refractivity contribution in [2.45, 2.75) is 12.2 Å². The van der Waals surface area contributed by atoms with Gasteiger partial charge in [0.05, 0.1) is 27.4 Å². The highest BCUT2D eigenvalue weighted by Gasteiger charge is 2.39. The van der Waals surface area contributed by atoms with E-state index in [9.17, 15) is 19.7 Å². The van der Waals surface area contributed by atoms with Crippen LogP contribution in [-0.2, 0) is 21.8 Å². The Labute approximate surface area is 182 Å². The van der Waals surface area contributed by atoms with Crippen LogP contribution in [0.5, 0.6) is 0 Å². The van der Waals surface area contributed by atoms with Crippen LogP contribution in [0.15, 0.2) is 82.3 Å². The van der Waals surface area contributed by atoms with E-state index in [-0.39, 0.29) is 23.7 Å². The van der Waals surface area contributed by atoms with Gasteiger partial charge in [-0.2, -0.15) is 0 Å². The van der Waals surface area contributed by atoms with Crippen LogP contribution < -0.4 is 0 Å². The summed E-state index contributed by atoms with van der Waals surface area (Å²) in [5.74, 6) is 0.329. The molecule has 8 heteroatoms. The normalized spacial score (nSPS) is 13.9. The van der Waals surface area contributed by atoms with Crippen LogP contribution in [0.4, 0.5) is 5.69 Å². The zero-order valence-electron chi connectivity index (χ0n) is 16.4. The molecule has 2 heterocycles. The second kappa shape index (κ2) is 9.01. The first kappa shape index (κ1) is 20.6. The lowest BCUT2D eigenvalue weighted by molar-refractivity contribution is -0.384. The summed E-state index contributed by atoms with van der Waals surface area (Å²) in [6.45, 7) is 0.253. The number of furan rings is 1. The Morgan fingerprint density at radius 2 is 1.68 bits per heavy atom. The number of carbonyl (C=O) groups is 2.